The van der Waals surface area contributed by atoms with Crippen LogP contribution in [0, 0.1) is 5.92 Å². The molecule has 0 unspecified atom stereocenters. The summed E-state index contributed by atoms with van der Waals surface area (Å²) in [6, 6.07) is 13.3. The molecule has 6 heteroatoms. The Kier molecular flexibility index (Phi) is 5.84. The van der Waals surface area contributed by atoms with E-state index in [4.69, 9.17) is 4.74 Å². The van der Waals surface area contributed by atoms with Gasteiger partial charge in [0.15, 0.2) is 0 Å². The number of hydrogen-bond donors (Lipinski definition) is 1. The van der Waals surface area contributed by atoms with Crippen LogP contribution in [0.5, 0.6) is 5.75 Å². The monoisotopic (exact) mass is 353 g/mol. The minimum Gasteiger partial charge on any atom is -0.497 e. The van der Waals surface area contributed by atoms with E-state index in [1.807, 2.05) is 42.5 Å². The summed E-state index contributed by atoms with van der Waals surface area (Å²) in [5.74, 6) is 0.452. The van der Waals surface area contributed by atoms with Gasteiger partial charge in [-0.3, -0.25) is 14.6 Å². The molecule has 3 rings (SSSR count). The van der Waals surface area contributed by atoms with Gasteiger partial charge < -0.3 is 15.0 Å². The van der Waals surface area contributed by atoms with Crippen LogP contribution in [0.25, 0.3) is 0 Å². The zero-order chi connectivity index (χ0) is 18.4. The molecule has 1 atom stereocenters. The lowest BCUT2D eigenvalue weighted by atomic mass is 10.1. The highest BCUT2D eigenvalue weighted by Crippen LogP contribution is 2.21. The molecule has 2 amide bonds. The minimum absolute atomic E-state index is 0.0192. The normalized spacial score (nSPS) is 16.6. The standard InChI is InChI=1S/C20H23N3O3/c1-26-18-7-5-15(6-8-18)13-23-14-16(12-19(23)24)20(25)22-11-9-17-4-2-3-10-21-17/h2-8,10,16H,9,11-14H2,1H3,(H,22,25)/t16-/m0/s1. The van der Waals surface area contributed by atoms with Crippen LogP contribution in [-0.4, -0.2) is 41.9 Å². The van der Waals surface area contributed by atoms with Gasteiger partial charge in [0, 0.05) is 44.4 Å². The number of nitrogens with one attached hydrogen (secondary N) is 1. The number of pyridine rings is 1. The van der Waals surface area contributed by atoms with Gasteiger partial charge in [-0.25, -0.2) is 0 Å². The summed E-state index contributed by atoms with van der Waals surface area (Å²) in [5, 5.41) is 2.92. The van der Waals surface area contributed by atoms with Crippen LogP contribution < -0.4 is 10.1 Å². The van der Waals surface area contributed by atoms with Gasteiger partial charge in [0.2, 0.25) is 11.8 Å². The summed E-state index contributed by atoms with van der Waals surface area (Å²) >= 11 is 0. The number of rotatable bonds is 7. The first kappa shape index (κ1) is 17.9. The first-order valence-corrected chi connectivity index (χ1v) is 8.74. The number of carbonyl (C=O) groups excluding carboxylic acids is 2. The number of methoxy groups -OCH3 is 1. The quantitative estimate of drug-likeness (QED) is 0.824. The fourth-order valence-corrected chi connectivity index (χ4v) is 3.06. The van der Waals surface area contributed by atoms with Crippen LogP contribution in [0.15, 0.2) is 48.7 Å². The fourth-order valence-electron chi connectivity index (χ4n) is 3.06. The Morgan fingerprint density at radius 2 is 2.08 bits per heavy atom. The minimum atomic E-state index is -0.288. The van der Waals surface area contributed by atoms with Gasteiger partial charge in [-0.15, -0.1) is 0 Å². The zero-order valence-electron chi connectivity index (χ0n) is 14.9. The van der Waals surface area contributed by atoms with E-state index in [1.54, 1.807) is 18.2 Å². The van der Waals surface area contributed by atoms with E-state index in [-0.39, 0.29) is 24.2 Å². The van der Waals surface area contributed by atoms with Gasteiger partial charge >= 0.3 is 0 Å². The lowest BCUT2D eigenvalue weighted by molar-refractivity contribution is -0.129. The van der Waals surface area contributed by atoms with Crippen LogP contribution in [0.3, 0.4) is 0 Å². The third kappa shape index (κ3) is 4.59. The van der Waals surface area contributed by atoms with Crippen molar-refractivity contribution in [1.82, 2.24) is 15.2 Å². The Balaban J connectivity index is 1.47. The molecule has 1 saturated heterocycles. The largest absolute Gasteiger partial charge is 0.497 e. The first-order valence-electron chi connectivity index (χ1n) is 8.74. The zero-order valence-corrected chi connectivity index (χ0v) is 14.9. The van der Waals surface area contributed by atoms with Crippen LogP contribution >= 0.6 is 0 Å². The first-order chi connectivity index (χ1) is 12.7. The van der Waals surface area contributed by atoms with E-state index < -0.39 is 0 Å². The van der Waals surface area contributed by atoms with E-state index in [0.29, 0.717) is 26.1 Å². The van der Waals surface area contributed by atoms with Crippen molar-refractivity contribution in [2.75, 3.05) is 20.2 Å². The molecule has 0 aliphatic carbocycles. The van der Waals surface area contributed by atoms with Gasteiger partial charge in [0.05, 0.1) is 13.0 Å². The van der Waals surface area contributed by atoms with Crippen molar-refractivity contribution in [3.8, 4) is 5.75 Å². The van der Waals surface area contributed by atoms with Crippen LogP contribution in [0.2, 0.25) is 0 Å². The Hall–Kier alpha value is -2.89. The second kappa shape index (κ2) is 8.47. The molecule has 1 fully saturated rings. The van der Waals surface area contributed by atoms with Crippen molar-refractivity contribution >= 4 is 11.8 Å². The second-order valence-electron chi connectivity index (χ2n) is 6.39. The smallest absolute Gasteiger partial charge is 0.225 e. The Labute approximate surface area is 153 Å². The summed E-state index contributed by atoms with van der Waals surface area (Å²) in [7, 11) is 1.62. The molecule has 1 aromatic carbocycles. The molecule has 136 valence electrons. The molecule has 1 aliphatic rings. The molecule has 0 saturated carbocycles. The van der Waals surface area contributed by atoms with Crippen molar-refractivity contribution in [1.29, 1.82) is 0 Å². The third-order valence-electron chi connectivity index (χ3n) is 4.52. The number of aromatic nitrogens is 1. The van der Waals surface area contributed by atoms with E-state index in [1.165, 1.54) is 0 Å². The van der Waals surface area contributed by atoms with Crippen molar-refractivity contribution in [3.63, 3.8) is 0 Å². The molecule has 26 heavy (non-hydrogen) atoms. The number of nitrogens with zero attached hydrogens (tertiary/aromatic N) is 2. The van der Waals surface area contributed by atoms with Crippen molar-refractivity contribution in [2.45, 2.75) is 19.4 Å². The average molecular weight is 353 g/mol. The van der Waals surface area contributed by atoms with Gasteiger partial charge in [-0.2, -0.15) is 0 Å². The SMILES string of the molecule is COc1ccc(CN2C[C@@H](C(=O)NCCc3ccccn3)CC2=O)cc1. The predicted molar refractivity (Wildman–Crippen MR) is 97.5 cm³/mol. The topological polar surface area (TPSA) is 71.5 Å². The van der Waals surface area contributed by atoms with Crippen molar-refractivity contribution in [2.24, 2.45) is 5.92 Å². The molecule has 0 radical (unpaired) electrons. The molecule has 2 heterocycles. The van der Waals surface area contributed by atoms with Gasteiger partial charge in [-0.05, 0) is 29.8 Å². The molecular formula is C20H23N3O3. The van der Waals surface area contributed by atoms with E-state index >= 15 is 0 Å². The highest BCUT2D eigenvalue weighted by atomic mass is 16.5. The Morgan fingerprint density at radius 3 is 2.77 bits per heavy atom. The number of amides is 2. The number of carbonyl (C=O) groups is 2. The third-order valence-corrected chi connectivity index (χ3v) is 4.52. The maximum atomic E-state index is 12.3. The lowest BCUT2D eigenvalue weighted by Gasteiger charge is -2.17. The molecule has 0 spiro atoms. The maximum absolute atomic E-state index is 12.3. The molecule has 1 N–H and O–H groups in total. The number of benzene rings is 1. The van der Waals surface area contributed by atoms with E-state index in [2.05, 4.69) is 10.3 Å². The van der Waals surface area contributed by atoms with E-state index in [9.17, 15) is 9.59 Å². The highest BCUT2D eigenvalue weighted by Gasteiger charge is 2.34. The van der Waals surface area contributed by atoms with Gasteiger partial charge in [0.25, 0.3) is 0 Å². The second-order valence-corrected chi connectivity index (χ2v) is 6.39. The Bertz CT molecular complexity index is 747. The maximum Gasteiger partial charge on any atom is 0.225 e. The number of hydrogen-bond acceptors (Lipinski definition) is 4. The summed E-state index contributed by atoms with van der Waals surface area (Å²) in [4.78, 5) is 30.5. The van der Waals surface area contributed by atoms with Crippen molar-refractivity contribution < 1.29 is 14.3 Å². The fraction of sp³-hybridized carbons (Fsp3) is 0.350. The van der Waals surface area contributed by atoms with Crippen molar-refractivity contribution in [3.05, 3.63) is 59.9 Å². The summed E-state index contributed by atoms with van der Waals surface area (Å²) < 4.78 is 5.14. The predicted octanol–water partition coefficient (Wildman–Crippen LogP) is 1.80. The summed E-state index contributed by atoms with van der Waals surface area (Å²) in [5.41, 5.74) is 1.96. The van der Waals surface area contributed by atoms with Crippen LogP contribution in [0.1, 0.15) is 17.7 Å². The summed E-state index contributed by atoms with van der Waals surface area (Å²) in [6.45, 7) is 1.50. The van der Waals surface area contributed by atoms with Gasteiger partial charge in [0.1, 0.15) is 5.75 Å². The Morgan fingerprint density at radius 1 is 1.27 bits per heavy atom. The number of likely N-dealkylation sites (tertiary alicyclic amines) is 1. The summed E-state index contributed by atoms with van der Waals surface area (Å²) in [6.07, 6.45) is 2.69. The van der Waals surface area contributed by atoms with E-state index in [0.717, 1.165) is 17.0 Å². The molecular weight excluding hydrogens is 330 g/mol. The lowest BCUT2D eigenvalue weighted by Crippen LogP contribution is -2.34. The molecule has 1 aromatic heterocycles. The molecule has 1 aliphatic heterocycles. The molecule has 2 aromatic rings. The van der Waals surface area contributed by atoms with Crippen LogP contribution in [0.4, 0.5) is 0 Å². The van der Waals surface area contributed by atoms with Crippen LogP contribution in [-0.2, 0) is 22.6 Å². The number of ether oxygens (including phenoxy) is 1. The molecule has 6 nitrogen and oxygen atoms in total. The van der Waals surface area contributed by atoms with Gasteiger partial charge in [-0.1, -0.05) is 18.2 Å². The molecule has 0 bridgehead atoms. The highest BCUT2D eigenvalue weighted by molar-refractivity contribution is 5.89. The average Bonchev–Trinajstić information content (AvgIpc) is 3.04.